The predicted molar refractivity (Wildman–Crippen MR) is 90.1 cm³/mol. The van der Waals surface area contributed by atoms with Gasteiger partial charge in [-0.2, -0.15) is 21.0 Å². The fourth-order valence-electron chi connectivity index (χ4n) is 2.24. The molecule has 4 heterocycles. The molecule has 9 heteroatoms. The zero-order valence-corrected chi connectivity index (χ0v) is 14.2. The predicted octanol–water partition coefficient (Wildman–Crippen LogP) is 3.73. The molecule has 1 fully saturated rings. The highest BCUT2D eigenvalue weighted by atomic mass is 32.2. The molecule has 0 bridgehead atoms. The number of thiophene rings is 1. The van der Waals surface area contributed by atoms with Gasteiger partial charge in [0, 0.05) is 16.9 Å². The third-order valence-electron chi connectivity index (χ3n) is 3.56. The van der Waals surface area contributed by atoms with E-state index in [9.17, 15) is 0 Å². The van der Waals surface area contributed by atoms with Crippen LogP contribution >= 0.6 is 34.4 Å². The molecule has 23 heavy (non-hydrogen) atoms. The van der Waals surface area contributed by atoms with Crippen molar-refractivity contribution in [1.29, 1.82) is 0 Å². The number of hydrogen-bond acceptors (Lipinski definition) is 8. The van der Waals surface area contributed by atoms with E-state index < -0.39 is 0 Å². The van der Waals surface area contributed by atoms with Gasteiger partial charge < -0.3 is 0 Å². The summed E-state index contributed by atoms with van der Waals surface area (Å²) in [6.07, 6.45) is 2.49. The largest absolute Gasteiger partial charge is 0.192 e. The molecule has 0 aliphatic heterocycles. The van der Waals surface area contributed by atoms with E-state index in [0.717, 1.165) is 31.4 Å². The maximum atomic E-state index is 4.65. The lowest BCUT2D eigenvalue weighted by atomic mass is 10.3. The number of nitrogens with zero attached hydrogens (tertiary/aromatic N) is 6. The summed E-state index contributed by atoms with van der Waals surface area (Å²) in [5.74, 6) is 1.40. The second kappa shape index (κ2) is 5.36. The molecule has 4 aromatic rings. The molecule has 5 rings (SSSR count). The van der Waals surface area contributed by atoms with E-state index in [-0.39, 0.29) is 0 Å². The van der Waals surface area contributed by atoms with Gasteiger partial charge in [-0.1, -0.05) is 11.3 Å². The minimum Gasteiger partial charge on any atom is -0.192 e. The van der Waals surface area contributed by atoms with Crippen molar-refractivity contribution < 1.29 is 0 Å². The van der Waals surface area contributed by atoms with E-state index in [2.05, 4.69) is 25.5 Å². The van der Waals surface area contributed by atoms with Crippen LogP contribution in [0, 0.1) is 0 Å². The molecule has 1 aliphatic rings. The number of hydrogen-bond donors (Lipinski definition) is 0. The average Bonchev–Trinajstić information content (AvgIpc) is 2.99. The molecule has 0 radical (unpaired) electrons. The van der Waals surface area contributed by atoms with Crippen molar-refractivity contribution in [2.24, 2.45) is 0 Å². The minimum atomic E-state index is 0.639. The van der Waals surface area contributed by atoms with Gasteiger partial charge in [0.15, 0.2) is 15.8 Å². The van der Waals surface area contributed by atoms with Crippen molar-refractivity contribution in [3.63, 3.8) is 0 Å². The van der Waals surface area contributed by atoms with Crippen molar-refractivity contribution in [2.75, 3.05) is 0 Å². The Morgan fingerprint density at radius 2 is 2.04 bits per heavy atom. The Bertz CT molecular complexity index is 970. The van der Waals surface area contributed by atoms with Gasteiger partial charge in [-0.15, -0.1) is 20.4 Å². The monoisotopic (exact) mass is 358 g/mol. The number of fused-ring (bicyclic) bond motifs is 1. The smallest absolute Gasteiger partial charge is 0.186 e. The van der Waals surface area contributed by atoms with Crippen LogP contribution in [0.3, 0.4) is 0 Å². The summed E-state index contributed by atoms with van der Waals surface area (Å²) < 4.78 is 2.72. The Hall–Kier alpha value is -1.84. The molecule has 0 amide bonds. The van der Waals surface area contributed by atoms with E-state index in [1.165, 1.54) is 24.6 Å². The third kappa shape index (κ3) is 2.54. The first-order valence-corrected chi connectivity index (χ1v) is 9.71. The SMILES string of the molecule is c1cc(-c2nnc3ccc(Sc4nnc(C5CC5)s4)nn23)cs1. The summed E-state index contributed by atoms with van der Waals surface area (Å²) in [6, 6.07) is 5.90. The maximum Gasteiger partial charge on any atom is 0.186 e. The minimum absolute atomic E-state index is 0.639. The third-order valence-corrected chi connectivity index (χ3v) is 6.31. The molecule has 0 spiro atoms. The molecule has 6 nitrogen and oxygen atoms in total. The molecule has 0 unspecified atom stereocenters. The fourth-order valence-corrected chi connectivity index (χ4v) is 4.82. The molecule has 0 aromatic carbocycles. The molecular weight excluding hydrogens is 348 g/mol. The highest BCUT2D eigenvalue weighted by Gasteiger charge is 2.27. The van der Waals surface area contributed by atoms with Crippen LogP contribution in [0.25, 0.3) is 17.0 Å². The first kappa shape index (κ1) is 13.6. The summed E-state index contributed by atoms with van der Waals surface area (Å²) in [6.45, 7) is 0. The van der Waals surface area contributed by atoms with Gasteiger partial charge in [-0.05, 0) is 48.2 Å². The highest BCUT2D eigenvalue weighted by Crippen LogP contribution is 2.43. The van der Waals surface area contributed by atoms with Gasteiger partial charge >= 0.3 is 0 Å². The van der Waals surface area contributed by atoms with Crippen LogP contribution in [0.1, 0.15) is 23.8 Å². The Balaban J connectivity index is 1.50. The zero-order valence-electron chi connectivity index (χ0n) is 11.8. The van der Waals surface area contributed by atoms with Crippen molar-refractivity contribution in [1.82, 2.24) is 30.0 Å². The van der Waals surface area contributed by atoms with Gasteiger partial charge in [0.05, 0.1) is 0 Å². The second-order valence-electron chi connectivity index (χ2n) is 5.26. The highest BCUT2D eigenvalue weighted by molar-refractivity contribution is 8.01. The van der Waals surface area contributed by atoms with Gasteiger partial charge in [-0.3, -0.25) is 0 Å². The van der Waals surface area contributed by atoms with Crippen LogP contribution in [-0.4, -0.2) is 30.0 Å². The van der Waals surface area contributed by atoms with E-state index in [1.54, 1.807) is 27.2 Å². The second-order valence-corrected chi connectivity index (χ2v) is 8.32. The molecule has 0 saturated heterocycles. The topological polar surface area (TPSA) is 68.9 Å². The molecule has 1 saturated carbocycles. The van der Waals surface area contributed by atoms with Gasteiger partial charge in [0.2, 0.25) is 0 Å². The molecule has 0 N–H and O–H groups in total. The summed E-state index contributed by atoms with van der Waals surface area (Å²) in [7, 11) is 0. The van der Waals surface area contributed by atoms with Crippen molar-refractivity contribution >= 4 is 40.1 Å². The van der Waals surface area contributed by atoms with Crippen LogP contribution in [-0.2, 0) is 0 Å². The summed E-state index contributed by atoms with van der Waals surface area (Å²) in [5, 5.41) is 27.7. The van der Waals surface area contributed by atoms with Gasteiger partial charge in [0.25, 0.3) is 0 Å². The number of aromatic nitrogens is 6. The van der Waals surface area contributed by atoms with Crippen LogP contribution in [0.4, 0.5) is 0 Å². The van der Waals surface area contributed by atoms with Crippen molar-refractivity contribution in [3.8, 4) is 11.4 Å². The lowest BCUT2D eigenvalue weighted by molar-refractivity contribution is 0.858. The van der Waals surface area contributed by atoms with Crippen LogP contribution in [0.2, 0.25) is 0 Å². The van der Waals surface area contributed by atoms with E-state index in [0.29, 0.717) is 5.92 Å². The zero-order chi connectivity index (χ0) is 15.2. The summed E-state index contributed by atoms with van der Waals surface area (Å²) in [5.41, 5.74) is 1.77. The standard InChI is InChI=1S/C14H10N6S3/c1-2-8(1)13-17-18-14(23-13)22-11-4-3-10-15-16-12(20(10)19-11)9-5-6-21-7-9/h3-8H,1-2H2. The van der Waals surface area contributed by atoms with E-state index >= 15 is 0 Å². The first-order valence-electron chi connectivity index (χ1n) is 7.13. The van der Waals surface area contributed by atoms with Crippen molar-refractivity contribution in [2.45, 2.75) is 28.1 Å². The Morgan fingerprint density at radius 1 is 1.09 bits per heavy atom. The van der Waals surface area contributed by atoms with E-state index in [1.807, 2.05) is 29.0 Å². The fraction of sp³-hybridized carbons (Fsp3) is 0.214. The molecule has 0 atom stereocenters. The van der Waals surface area contributed by atoms with Gasteiger partial charge in [0.1, 0.15) is 10.0 Å². The lowest BCUT2D eigenvalue weighted by Crippen LogP contribution is -1.95. The molecule has 114 valence electrons. The average molecular weight is 358 g/mol. The van der Waals surface area contributed by atoms with Crippen LogP contribution in [0.5, 0.6) is 0 Å². The molecular formula is C14H10N6S3. The van der Waals surface area contributed by atoms with Crippen LogP contribution in [0.15, 0.2) is 38.3 Å². The quantitative estimate of drug-likeness (QED) is 0.554. The summed E-state index contributed by atoms with van der Waals surface area (Å²) in [4.78, 5) is 0. The summed E-state index contributed by atoms with van der Waals surface area (Å²) >= 11 is 4.84. The van der Waals surface area contributed by atoms with Crippen molar-refractivity contribution in [3.05, 3.63) is 34.0 Å². The van der Waals surface area contributed by atoms with Gasteiger partial charge in [-0.25, -0.2) is 0 Å². The number of rotatable bonds is 4. The molecule has 1 aliphatic carbocycles. The van der Waals surface area contributed by atoms with Crippen LogP contribution < -0.4 is 0 Å². The van der Waals surface area contributed by atoms with E-state index in [4.69, 9.17) is 0 Å². The maximum absolute atomic E-state index is 4.65. The Morgan fingerprint density at radius 3 is 2.87 bits per heavy atom. The Labute approximate surface area is 143 Å². The first-order chi connectivity index (χ1) is 11.4. The lowest BCUT2D eigenvalue weighted by Gasteiger charge is -1.99. The molecule has 4 aromatic heterocycles. The normalized spacial score (nSPS) is 14.6. The Kier molecular flexibility index (Phi) is 3.17.